The zero-order chi connectivity index (χ0) is 56.1. The number of aryl methyl sites for hydroxylation is 1. The van der Waals surface area contributed by atoms with Crippen LogP contribution in [0, 0.1) is 6.92 Å². The van der Waals surface area contributed by atoms with Gasteiger partial charge in [-0.25, -0.2) is 0 Å². The Morgan fingerprint density at radius 2 is 0.899 bits per heavy atom. The molecule has 0 saturated carbocycles. The number of nitrogens with zero attached hydrogens (tertiary/aromatic N) is 2. The van der Waals surface area contributed by atoms with Crippen LogP contribution in [-0.2, 0) is 37.9 Å². The molecule has 4 heteroatoms. The number of benzene rings is 8. The quantitative estimate of drug-likeness (QED) is 0.159. The maximum absolute atomic E-state index is 7.71. The molecule has 3 aliphatic carbocycles. The minimum atomic E-state index is -0.246. The van der Waals surface area contributed by atoms with E-state index in [-0.39, 0.29) is 37.9 Å². The van der Waals surface area contributed by atoms with Crippen molar-refractivity contribution < 1.29 is 4.42 Å². The van der Waals surface area contributed by atoms with Gasteiger partial charge in [0, 0.05) is 66.7 Å². The summed E-state index contributed by atoms with van der Waals surface area (Å²) in [6, 6.07) is 57.6. The first kappa shape index (κ1) is 53.1. The van der Waals surface area contributed by atoms with Gasteiger partial charge < -0.3 is 14.2 Å². The molecule has 12 rings (SSSR count). The number of hydrogen-bond acceptors (Lipinski definition) is 3. The highest BCUT2D eigenvalue weighted by molar-refractivity contribution is 6.31. The average molecular weight is 1060 g/mol. The molecule has 0 radical (unpaired) electrons. The van der Waals surface area contributed by atoms with Gasteiger partial charge in [-0.2, -0.15) is 0 Å². The second-order valence-corrected chi connectivity index (χ2v) is 29.0. The smallest absolute Gasteiger partial charge is 0.137 e. The van der Waals surface area contributed by atoms with E-state index in [0.717, 1.165) is 87.5 Å². The van der Waals surface area contributed by atoms with Gasteiger partial charge in [0.25, 0.3) is 0 Å². The molecule has 3 nitrogen and oxygen atoms in total. The Labute approximate surface area is 477 Å². The van der Waals surface area contributed by atoms with Crippen LogP contribution in [0.5, 0.6) is 0 Å². The van der Waals surface area contributed by atoms with Crippen molar-refractivity contribution in [3.63, 3.8) is 0 Å². The molecule has 1 aromatic heterocycles. The van der Waals surface area contributed by atoms with Crippen molar-refractivity contribution in [1.29, 1.82) is 0 Å². The molecule has 3 aliphatic rings. The fourth-order valence-corrected chi connectivity index (χ4v) is 14.5. The number of fused-ring (bicyclic) bond motifs is 7. The van der Waals surface area contributed by atoms with Crippen molar-refractivity contribution >= 4 is 67.7 Å². The summed E-state index contributed by atoms with van der Waals surface area (Å²) in [6.07, 6.45) is 4.58. The summed E-state index contributed by atoms with van der Waals surface area (Å²) in [6.45, 7) is 38.1. The van der Waals surface area contributed by atoms with Crippen LogP contribution in [0.25, 0.3) is 33.1 Å². The van der Waals surface area contributed by atoms with E-state index < -0.39 is 0 Å². The Kier molecular flexibility index (Phi) is 12.1. The van der Waals surface area contributed by atoms with Crippen LogP contribution in [0.1, 0.15) is 185 Å². The van der Waals surface area contributed by atoms with Gasteiger partial charge >= 0.3 is 0 Å². The van der Waals surface area contributed by atoms with Crippen LogP contribution in [0.3, 0.4) is 0 Å². The summed E-state index contributed by atoms with van der Waals surface area (Å²) in [5.74, 6) is 0. The van der Waals surface area contributed by atoms with E-state index in [1.165, 1.54) is 61.0 Å². The monoisotopic (exact) mass is 1060 g/mol. The summed E-state index contributed by atoms with van der Waals surface area (Å²) in [5.41, 5.74) is 23.7. The maximum Gasteiger partial charge on any atom is 0.137 e. The van der Waals surface area contributed by atoms with E-state index in [9.17, 15) is 0 Å². The lowest BCUT2D eigenvalue weighted by molar-refractivity contribution is 0.332. The van der Waals surface area contributed by atoms with E-state index in [4.69, 9.17) is 16.0 Å². The Morgan fingerprint density at radius 3 is 1.51 bits per heavy atom. The molecule has 1 heterocycles. The lowest BCUT2D eigenvalue weighted by Gasteiger charge is -2.45. The van der Waals surface area contributed by atoms with Crippen molar-refractivity contribution in [1.82, 2.24) is 0 Å². The highest BCUT2D eigenvalue weighted by Crippen LogP contribution is 2.55. The third-order valence-electron chi connectivity index (χ3n) is 19.6. The molecule has 0 saturated heterocycles. The average Bonchev–Trinajstić information content (AvgIpc) is 3.52. The summed E-state index contributed by atoms with van der Waals surface area (Å²) in [7, 11) is 0. The summed E-state index contributed by atoms with van der Waals surface area (Å²) in [4.78, 5) is 4.94. The van der Waals surface area contributed by atoms with Gasteiger partial charge in [-0.1, -0.05) is 188 Å². The maximum atomic E-state index is 7.71. The van der Waals surface area contributed by atoms with Crippen molar-refractivity contribution in [2.75, 3.05) is 9.80 Å². The van der Waals surface area contributed by atoms with E-state index in [0.29, 0.717) is 5.02 Å². The molecule has 0 unspecified atom stereocenters. The molecule has 8 aromatic carbocycles. The van der Waals surface area contributed by atoms with Crippen LogP contribution in [0.2, 0.25) is 5.02 Å². The Hall–Kier alpha value is -6.55. The standard InChI is InChI=1S/C75H81ClN2O/c1-46-36-60-62(72(9,10)34-32-70(60,5)6)44-66(46)78(50-28-30-59-64(41-50)75(15,16)58-25-21-20-24-57(58)74(59,13)14)53-39-49(76)38-52(40-53)77(65-31-26-48(69(2,3)4)37-55(65)47-22-18-17-19-23-47)51-27-29-54-56-43-61-63(45-68(56)79-67(54)42-51)73(11,12)35-33-71(61,7)8/h17-31,36-45H,32-35H2,1-16H3. The summed E-state index contributed by atoms with van der Waals surface area (Å²) < 4.78 is 7.05. The number of rotatable bonds is 7. The minimum absolute atomic E-state index is 0.00502. The molecular formula is C75H81ClN2O. The van der Waals surface area contributed by atoms with Gasteiger partial charge in [0.05, 0.1) is 5.69 Å². The zero-order valence-electron chi connectivity index (χ0n) is 49.9. The number of furan rings is 1. The van der Waals surface area contributed by atoms with E-state index >= 15 is 0 Å². The normalized spacial score (nSPS) is 18.1. The summed E-state index contributed by atoms with van der Waals surface area (Å²) >= 11 is 7.71. The Bertz CT molecular complexity index is 3930. The van der Waals surface area contributed by atoms with Gasteiger partial charge in [-0.05, 0) is 194 Å². The third-order valence-corrected chi connectivity index (χ3v) is 19.8. The lowest BCUT2D eigenvalue weighted by atomic mass is 9.60. The molecule has 0 bridgehead atoms. The molecule has 0 fully saturated rings. The van der Waals surface area contributed by atoms with Crippen molar-refractivity contribution in [2.45, 2.75) is 174 Å². The predicted molar refractivity (Wildman–Crippen MR) is 338 cm³/mol. The van der Waals surface area contributed by atoms with E-state index in [2.05, 4.69) is 272 Å². The highest BCUT2D eigenvalue weighted by atomic mass is 35.5. The first-order chi connectivity index (χ1) is 37.1. The molecule has 0 amide bonds. The number of anilines is 6. The van der Waals surface area contributed by atoms with Gasteiger partial charge in [0.15, 0.2) is 0 Å². The van der Waals surface area contributed by atoms with Crippen LogP contribution < -0.4 is 9.80 Å². The zero-order valence-corrected chi connectivity index (χ0v) is 50.7. The van der Waals surface area contributed by atoms with Crippen LogP contribution in [0.4, 0.5) is 34.1 Å². The lowest BCUT2D eigenvalue weighted by Crippen LogP contribution is -2.36. The third kappa shape index (κ3) is 8.66. The second-order valence-electron chi connectivity index (χ2n) is 28.6. The van der Waals surface area contributed by atoms with Crippen molar-refractivity contribution in [3.05, 3.63) is 212 Å². The molecule has 0 aliphatic heterocycles. The first-order valence-corrected chi connectivity index (χ1v) is 29.5. The van der Waals surface area contributed by atoms with Gasteiger partial charge in [0.1, 0.15) is 11.2 Å². The Balaban J connectivity index is 1.12. The molecule has 9 aromatic rings. The highest BCUT2D eigenvalue weighted by Gasteiger charge is 2.43. The number of halogens is 1. The van der Waals surface area contributed by atoms with Crippen LogP contribution in [-0.4, -0.2) is 0 Å². The first-order valence-electron chi connectivity index (χ1n) is 29.1. The van der Waals surface area contributed by atoms with E-state index in [1.54, 1.807) is 0 Å². The molecular weight excluding hydrogens is 980 g/mol. The molecule has 79 heavy (non-hydrogen) atoms. The number of hydrogen-bond donors (Lipinski definition) is 0. The molecule has 0 atom stereocenters. The SMILES string of the molecule is Cc1cc2c(cc1N(c1cc(Cl)cc(N(c3ccc4c(c3)oc3cc5c(cc34)C(C)(C)CCC5(C)C)c3ccc(C(C)(C)C)cc3-c3ccccc3)c1)c1ccc3c(c1)C(C)(C)c1ccccc1C3(C)C)C(C)(C)CCC2(C)C. The van der Waals surface area contributed by atoms with Gasteiger partial charge in [-0.3, -0.25) is 0 Å². The van der Waals surface area contributed by atoms with E-state index in [1.807, 2.05) is 0 Å². The topological polar surface area (TPSA) is 19.6 Å². The fraction of sp³-hybridized carbons (Fsp3) is 0.360. The summed E-state index contributed by atoms with van der Waals surface area (Å²) in [5, 5.41) is 2.95. The molecule has 404 valence electrons. The fourth-order valence-electron chi connectivity index (χ4n) is 14.2. The van der Waals surface area contributed by atoms with Gasteiger partial charge in [0.2, 0.25) is 0 Å². The molecule has 0 spiro atoms. The van der Waals surface area contributed by atoms with Crippen LogP contribution >= 0.6 is 11.6 Å². The predicted octanol–water partition coefficient (Wildman–Crippen LogP) is 22.1. The Morgan fingerprint density at radius 1 is 0.405 bits per heavy atom. The van der Waals surface area contributed by atoms with Crippen LogP contribution in [0.15, 0.2) is 156 Å². The van der Waals surface area contributed by atoms with Crippen molar-refractivity contribution in [2.24, 2.45) is 0 Å². The van der Waals surface area contributed by atoms with Gasteiger partial charge in [-0.15, -0.1) is 0 Å². The second kappa shape index (κ2) is 18.0. The minimum Gasteiger partial charge on any atom is -0.456 e. The molecule has 0 N–H and O–H groups in total. The van der Waals surface area contributed by atoms with Crippen molar-refractivity contribution in [3.8, 4) is 11.1 Å². The largest absolute Gasteiger partial charge is 0.456 e.